The van der Waals surface area contributed by atoms with Crippen molar-refractivity contribution < 1.29 is 9.59 Å². The van der Waals surface area contributed by atoms with Crippen molar-refractivity contribution in [3.8, 4) is 6.07 Å². The highest BCUT2D eigenvalue weighted by Crippen LogP contribution is 2.15. The maximum atomic E-state index is 11.6. The van der Waals surface area contributed by atoms with Crippen molar-refractivity contribution in [2.45, 2.75) is 12.8 Å². The van der Waals surface area contributed by atoms with E-state index in [1.165, 1.54) is 0 Å². The number of amides is 2. The number of halogens is 1. The third kappa shape index (κ3) is 6.02. The summed E-state index contributed by atoms with van der Waals surface area (Å²) in [7, 11) is 0. The lowest BCUT2D eigenvalue weighted by atomic mass is 10.1. The number of carbonyl (C=O) groups excluding carboxylic acids is 2. The Balaban J connectivity index is 2.24. The van der Waals surface area contributed by atoms with Crippen LogP contribution in [0.2, 0.25) is 0 Å². The Morgan fingerprint density at radius 3 is 2.42 bits per heavy atom. The molecule has 5 nitrogen and oxygen atoms in total. The largest absolute Gasteiger partial charge is 0.354 e. The molecule has 0 aliphatic carbocycles. The second-order valence-corrected chi connectivity index (χ2v) is 4.66. The van der Waals surface area contributed by atoms with Gasteiger partial charge in [0.25, 0.3) is 0 Å². The molecule has 2 N–H and O–H groups in total. The van der Waals surface area contributed by atoms with Crippen molar-refractivity contribution in [3.63, 3.8) is 0 Å². The highest BCUT2D eigenvalue weighted by molar-refractivity contribution is 9.10. The molecule has 0 saturated heterocycles. The number of benzene rings is 1. The molecule has 19 heavy (non-hydrogen) atoms. The zero-order valence-electron chi connectivity index (χ0n) is 10.3. The molecule has 6 heteroatoms. The summed E-state index contributed by atoms with van der Waals surface area (Å²) < 4.78 is 0.896. The second kappa shape index (κ2) is 8.27. The molecule has 0 heterocycles. The SMILES string of the molecule is N#CCC(=O)NCCNC(=O)Cc1ccccc1Br. The predicted octanol–water partition coefficient (Wildman–Crippen LogP) is 1.14. The van der Waals surface area contributed by atoms with Gasteiger partial charge in [0.2, 0.25) is 11.8 Å². The lowest BCUT2D eigenvalue weighted by molar-refractivity contribution is -0.122. The predicted molar refractivity (Wildman–Crippen MR) is 74.1 cm³/mol. The van der Waals surface area contributed by atoms with Crippen LogP contribution < -0.4 is 10.6 Å². The van der Waals surface area contributed by atoms with Gasteiger partial charge in [0, 0.05) is 17.6 Å². The molecular formula is C13H14BrN3O2. The van der Waals surface area contributed by atoms with Crippen LogP contribution in [0.1, 0.15) is 12.0 Å². The molecule has 2 amide bonds. The quantitative estimate of drug-likeness (QED) is 0.770. The smallest absolute Gasteiger partial charge is 0.234 e. The third-order valence-electron chi connectivity index (χ3n) is 2.32. The Morgan fingerprint density at radius 1 is 1.16 bits per heavy atom. The summed E-state index contributed by atoms with van der Waals surface area (Å²) in [5.74, 6) is -0.441. The van der Waals surface area contributed by atoms with Crippen LogP contribution in [-0.2, 0) is 16.0 Å². The number of nitriles is 1. The fraction of sp³-hybridized carbons (Fsp3) is 0.308. The number of rotatable bonds is 6. The molecule has 1 aromatic carbocycles. The summed E-state index contributed by atoms with van der Waals surface area (Å²) in [5.41, 5.74) is 0.911. The first-order valence-corrected chi connectivity index (χ1v) is 6.56. The standard InChI is InChI=1S/C13H14BrN3O2/c14-11-4-2-1-3-10(11)9-13(19)17-8-7-16-12(18)5-6-15/h1-4H,5,7-9H2,(H,16,18)(H,17,19). The van der Waals surface area contributed by atoms with Gasteiger partial charge in [-0.2, -0.15) is 5.26 Å². The van der Waals surface area contributed by atoms with E-state index in [2.05, 4.69) is 26.6 Å². The summed E-state index contributed by atoms with van der Waals surface area (Å²) in [6.45, 7) is 0.669. The van der Waals surface area contributed by atoms with Gasteiger partial charge in [-0.25, -0.2) is 0 Å². The van der Waals surface area contributed by atoms with Crippen LogP contribution in [0.25, 0.3) is 0 Å². The average Bonchev–Trinajstić information content (AvgIpc) is 2.38. The molecule has 0 fully saturated rings. The highest BCUT2D eigenvalue weighted by atomic mass is 79.9. The van der Waals surface area contributed by atoms with Gasteiger partial charge in [0.15, 0.2) is 0 Å². The number of carbonyl (C=O) groups is 2. The number of nitrogens with zero attached hydrogens (tertiary/aromatic N) is 1. The fourth-order valence-electron chi connectivity index (χ4n) is 1.42. The van der Waals surface area contributed by atoms with Gasteiger partial charge in [0.05, 0.1) is 12.5 Å². The molecule has 1 rings (SSSR count). The topological polar surface area (TPSA) is 82.0 Å². The Morgan fingerprint density at radius 2 is 1.79 bits per heavy atom. The number of hydrogen-bond acceptors (Lipinski definition) is 3. The highest BCUT2D eigenvalue weighted by Gasteiger charge is 2.05. The van der Waals surface area contributed by atoms with Crippen LogP contribution in [0.4, 0.5) is 0 Å². The molecule has 1 aromatic rings. The minimum absolute atomic E-state index is 0.110. The maximum absolute atomic E-state index is 11.6. The van der Waals surface area contributed by atoms with E-state index in [9.17, 15) is 9.59 Å². The summed E-state index contributed by atoms with van der Waals surface area (Å²) >= 11 is 3.38. The normalized spacial score (nSPS) is 9.47. The van der Waals surface area contributed by atoms with E-state index in [1.807, 2.05) is 24.3 Å². The summed E-state index contributed by atoms with van der Waals surface area (Å²) in [6.07, 6.45) is 0.123. The number of nitrogens with one attached hydrogen (secondary N) is 2. The van der Waals surface area contributed by atoms with E-state index in [-0.39, 0.29) is 24.7 Å². The Hall–Kier alpha value is -1.87. The van der Waals surface area contributed by atoms with Crippen molar-refractivity contribution in [3.05, 3.63) is 34.3 Å². The molecule has 0 spiro atoms. The molecule has 0 saturated carbocycles. The van der Waals surface area contributed by atoms with Crippen molar-refractivity contribution in [2.75, 3.05) is 13.1 Å². The molecule has 0 aromatic heterocycles. The molecule has 0 atom stereocenters. The van der Waals surface area contributed by atoms with Crippen LogP contribution in [0, 0.1) is 11.3 Å². The molecule has 0 radical (unpaired) electrons. The van der Waals surface area contributed by atoms with Crippen LogP contribution in [0.5, 0.6) is 0 Å². The first kappa shape index (κ1) is 15.2. The minimum atomic E-state index is -0.331. The van der Waals surface area contributed by atoms with Crippen LogP contribution in [-0.4, -0.2) is 24.9 Å². The lowest BCUT2D eigenvalue weighted by Gasteiger charge is -2.07. The van der Waals surface area contributed by atoms with Crippen LogP contribution in [0.15, 0.2) is 28.7 Å². The van der Waals surface area contributed by atoms with E-state index in [4.69, 9.17) is 5.26 Å². The first-order chi connectivity index (χ1) is 9.13. The maximum Gasteiger partial charge on any atom is 0.234 e. The van der Waals surface area contributed by atoms with Crippen LogP contribution >= 0.6 is 15.9 Å². The van der Waals surface area contributed by atoms with E-state index in [0.29, 0.717) is 13.1 Å². The van der Waals surface area contributed by atoms with E-state index >= 15 is 0 Å². The zero-order valence-corrected chi connectivity index (χ0v) is 11.9. The second-order valence-electron chi connectivity index (χ2n) is 3.80. The molecule has 0 aliphatic heterocycles. The monoisotopic (exact) mass is 323 g/mol. The molecule has 0 unspecified atom stereocenters. The van der Waals surface area contributed by atoms with Gasteiger partial charge in [-0.1, -0.05) is 34.1 Å². The van der Waals surface area contributed by atoms with E-state index in [0.717, 1.165) is 10.0 Å². The molecular weight excluding hydrogens is 310 g/mol. The Bertz CT molecular complexity index is 497. The fourth-order valence-corrected chi connectivity index (χ4v) is 1.84. The van der Waals surface area contributed by atoms with Gasteiger partial charge in [-0.15, -0.1) is 0 Å². The lowest BCUT2D eigenvalue weighted by Crippen LogP contribution is -2.35. The minimum Gasteiger partial charge on any atom is -0.354 e. The van der Waals surface area contributed by atoms with Crippen molar-refractivity contribution >= 4 is 27.7 Å². The van der Waals surface area contributed by atoms with Gasteiger partial charge in [-0.3, -0.25) is 9.59 Å². The zero-order chi connectivity index (χ0) is 14.1. The van der Waals surface area contributed by atoms with Gasteiger partial charge < -0.3 is 10.6 Å². The summed E-state index contributed by atoms with van der Waals surface area (Å²) in [6, 6.07) is 9.26. The number of hydrogen-bond donors (Lipinski definition) is 2. The van der Waals surface area contributed by atoms with Gasteiger partial charge in [-0.05, 0) is 11.6 Å². The third-order valence-corrected chi connectivity index (χ3v) is 3.09. The van der Waals surface area contributed by atoms with Gasteiger partial charge in [0.1, 0.15) is 6.42 Å². The molecule has 0 aliphatic rings. The van der Waals surface area contributed by atoms with Gasteiger partial charge >= 0.3 is 0 Å². The van der Waals surface area contributed by atoms with Crippen molar-refractivity contribution in [1.82, 2.24) is 10.6 Å². The van der Waals surface area contributed by atoms with E-state index < -0.39 is 0 Å². The Labute approximate surface area is 120 Å². The van der Waals surface area contributed by atoms with Crippen molar-refractivity contribution in [1.29, 1.82) is 5.26 Å². The van der Waals surface area contributed by atoms with Crippen LogP contribution in [0.3, 0.4) is 0 Å². The first-order valence-electron chi connectivity index (χ1n) is 5.77. The average molecular weight is 324 g/mol. The molecule has 0 bridgehead atoms. The van der Waals surface area contributed by atoms with Crippen molar-refractivity contribution in [2.24, 2.45) is 0 Å². The van der Waals surface area contributed by atoms with E-state index in [1.54, 1.807) is 6.07 Å². The Kier molecular flexibility index (Phi) is 6.61. The summed E-state index contributed by atoms with van der Waals surface area (Å²) in [5, 5.41) is 13.5. The summed E-state index contributed by atoms with van der Waals surface area (Å²) in [4.78, 5) is 22.6. The molecule has 100 valence electrons.